The van der Waals surface area contributed by atoms with Crippen LogP contribution in [0.5, 0.6) is 0 Å². The Kier molecular flexibility index (Phi) is 3.28. The summed E-state index contributed by atoms with van der Waals surface area (Å²) >= 11 is 0. The van der Waals surface area contributed by atoms with Crippen LogP contribution in [0.2, 0.25) is 0 Å². The molecular formula is C13H15N5O. The summed E-state index contributed by atoms with van der Waals surface area (Å²) in [6, 6.07) is 7.57. The molecule has 0 bridgehead atoms. The zero-order valence-corrected chi connectivity index (χ0v) is 10.3. The lowest BCUT2D eigenvalue weighted by molar-refractivity contribution is 0.241. The molecular weight excluding hydrogens is 242 g/mol. The first-order valence-corrected chi connectivity index (χ1v) is 6.10. The van der Waals surface area contributed by atoms with E-state index in [1.165, 1.54) is 0 Å². The lowest BCUT2D eigenvalue weighted by Crippen LogP contribution is -2.52. The smallest absolute Gasteiger partial charge is 0.308 e. The summed E-state index contributed by atoms with van der Waals surface area (Å²) in [6.07, 6.45) is 7.21. The van der Waals surface area contributed by atoms with Gasteiger partial charge in [-0.1, -0.05) is 30.4 Å². The number of benzene rings is 1. The Bertz CT molecular complexity index is 534. The van der Waals surface area contributed by atoms with Crippen molar-refractivity contribution in [2.45, 2.75) is 6.29 Å². The fraction of sp³-hybridized carbons (Fsp3) is 0.154. The second kappa shape index (κ2) is 5.23. The largest absolute Gasteiger partial charge is 0.328 e. The standard InChI is InChI=1S/C13H15N5O/c19-13(16-12-14-9-15-17-12)18-8-4-3-6-10-5-1-2-7-11(10)18/h1-8,12,14-15,17H,9H2,(H,16,19). The Morgan fingerprint density at radius 2 is 2.21 bits per heavy atom. The van der Waals surface area contributed by atoms with Gasteiger partial charge in [0.1, 0.15) is 6.29 Å². The molecule has 1 atom stereocenters. The van der Waals surface area contributed by atoms with E-state index in [4.69, 9.17) is 0 Å². The van der Waals surface area contributed by atoms with E-state index in [1.807, 2.05) is 42.5 Å². The molecule has 0 aliphatic carbocycles. The molecule has 98 valence electrons. The van der Waals surface area contributed by atoms with Gasteiger partial charge in [-0.05, 0) is 17.7 Å². The summed E-state index contributed by atoms with van der Waals surface area (Å²) in [5, 5.41) is 5.89. The Balaban J connectivity index is 1.82. The van der Waals surface area contributed by atoms with E-state index < -0.39 is 0 Å². The molecule has 4 N–H and O–H groups in total. The van der Waals surface area contributed by atoms with Crippen LogP contribution in [-0.4, -0.2) is 19.0 Å². The summed E-state index contributed by atoms with van der Waals surface area (Å²) in [7, 11) is 0. The third-order valence-electron chi connectivity index (χ3n) is 2.95. The van der Waals surface area contributed by atoms with Crippen LogP contribution in [0.4, 0.5) is 10.5 Å². The minimum Gasteiger partial charge on any atom is -0.308 e. The second-order valence-electron chi connectivity index (χ2n) is 4.21. The van der Waals surface area contributed by atoms with Crippen LogP contribution in [-0.2, 0) is 0 Å². The van der Waals surface area contributed by atoms with Crippen molar-refractivity contribution in [2.24, 2.45) is 0 Å². The number of nitrogens with zero attached hydrogens (tertiary/aromatic N) is 1. The van der Waals surface area contributed by atoms with Crippen molar-refractivity contribution in [1.29, 1.82) is 0 Å². The fourth-order valence-electron chi connectivity index (χ4n) is 2.04. The highest BCUT2D eigenvalue weighted by atomic mass is 16.2. The van der Waals surface area contributed by atoms with Crippen molar-refractivity contribution in [3.05, 3.63) is 48.2 Å². The van der Waals surface area contributed by atoms with Gasteiger partial charge < -0.3 is 5.32 Å². The SMILES string of the molecule is O=C(NC1NCNN1)N1C=CC=Cc2ccccc21. The molecule has 3 rings (SSSR count). The first-order valence-electron chi connectivity index (χ1n) is 6.10. The highest BCUT2D eigenvalue weighted by Crippen LogP contribution is 2.24. The van der Waals surface area contributed by atoms with Crippen molar-refractivity contribution >= 4 is 17.8 Å². The van der Waals surface area contributed by atoms with Crippen LogP contribution >= 0.6 is 0 Å². The quantitative estimate of drug-likeness (QED) is 0.597. The van der Waals surface area contributed by atoms with Crippen molar-refractivity contribution in [2.75, 3.05) is 11.6 Å². The number of nitrogens with one attached hydrogen (secondary N) is 4. The monoisotopic (exact) mass is 257 g/mol. The zero-order chi connectivity index (χ0) is 13.1. The number of hydrogen-bond acceptors (Lipinski definition) is 4. The highest BCUT2D eigenvalue weighted by molar-refractivity contribution is 5.96. The van der Waals surface area contributed by atoms with E-state index in [9.17, 15) is 4.79 Å². The van der Waals surface area contributed by atoms with E-state index in [0.29, 0.717) is 6.67 Å². The number of carbonyl (C=O) groups excluding carboxylic acids is 1. The molecule has 2 aliphatic rings. The molecule has 2 aliphatic heterocycles. The average molecular weight is 257 g/mol. The van der Waals surface area contributed by atoms with E-state index in [2.05, 4.69) is 21.5 Å². The predicted octanol–water partition coefficient (Wildman–Crippen LogP) is 0.682. The maximum absolute atomic E-state index is 12.3. The summed E-state index contributed by atoms with van der Waals surface area (Å²) in [4.78, 5) is 13.9. The molecule has 19 heavy (non-hydrogen) atoms. The number of urea groups is 1. The predicted molar refractivity (Wildman–Crippen MR) is 73.7 cm³/mol. The molecule has 0 aromatic heterocycles. The molecule has 1 aromatic carbocycles. The molecule has 6 heteroatoms. The lowest BCUT2D eigenvalue weighted by atomic mass is 10.1. The van der Waals surface area contributed by atoms with Crippen LogP contribution in [0.1, 0.15) is 5.56 Å². The van der Waals surface area contributed by atoms with Crippen molar-refractivity contribution < 1.29 is 4.79 Å². The van der Waals surface area contributed by atoms with Gasteiger partial charge in [0.15, 0.2) is 0 Å². The van der Waals surface area contributed by atoms with Gasteiger partial charge in [-0.2, -0.15) is 0 Å². The van der Waals surface area contributed by atoms with Crippen LogP contribution in [0.3, 0.4) is 0 Å². The van der Waals surface area contributed by atoms with Crippen molar-refractivity contribution in [3.8, 4) is 0 Å². The van der Waals surface area contributed by atoms with Crippen LogP contribution in [0.15, 0.2) is 42.6 Å². The zero-order valence-electron chi connectivity index (χ0n) is 10.3. The van der Waals surface area contributed by atoms with E-state index >= 15 is 0 Å². The fourth-order valence-corrected chi connectivity index (χ4v) is 2.04. The third kappa shape index (κ3) is 2.50. The van der Waals surface area contributed by atoms with Gasteiger partial charge in [-0.15, -0.1) is 0 Å². The van der Waals surface area contributed by atoms with Crippen LogP contribution in [0.25, 0.3) is 6.08 Å². The molecule has 1 aromatic rings. The van der Waals surface area contributed by atoms with Crippen molar-refractivity contribution in [1.82, 2.24) is 21.5 Å². The lowest BCUT2D eigenvalue weighted by Gasteiger charge is -2.22. The number of amides is 2. The second-order valence-corrected chi connectivity index (χ2v) is 4.21. The topological polar surface area (TPSA) is 68.4 Å². The Morgan fingerprint density at radius 3 is 3.05 bits per heavy atom. The number of fused-ring (bicyclic) bond motifs is 1. The van der Waals surface area contributed by atoms with E-state index in [0.717, 1.165) is 11.3 Å². The molecule has 0 spiro atoms. The number of anilines is 1. The van der Waals surface area contributed by atoms with Crippen molar-refractivity contribution in [3.63, 3.8) is 0 Å². The summed E-state index contributed by atoms with van der Waals surface area (Å²) in [5.41, 5.74) is 7.66. The molecule has 0 radical (unpaired) electrons. The maximum atomic E-state index is 12.3. The number of hydrogen-bond donors (Lipinski definition) is 4. The Hall–Kier alpha value is -2.15. The molecule has 1 saturated heterocycles. The highest BCUT2D eigenvalue weighted by Gasteiger charge is 2.21. The van der Waals surface area contributed by atoms with Gasteiger partial charge in [-0.25, -0.2) is 15.6 Å². The van der Waals surface area contributed by atoms with Gasteiger partial charge in [0.2, 0.25) is 0 Å². The maximum Gasteiger partial charge on any atom is 0.328 e. The van der Waals surface area contributed by atoms with E-state index in [-0.39, 0.29) is 12.3 Å². The Labute approximate surface area is 111 Å². The molecule has 6 nitrogen and oxygen atoms in total. The first kappa shape index (κ1) is 11.9. The molecule has 1 fully saturated rings. The number of carbonyl (C=O) groups is 1. The van der Waals surface area contributed by atoms with Gasteiger partial charge in [0, 0.05) is 6.20 Å². The third-order valence-corrected chi connectivity index (χ3v) is 2.95. The normalized spacial score (nSPS) is 21.1. The number of para-hydroxylation sites is 1. The van der Waals surface area contributed by atoms with Gasteiger partial charge in [0.05, 0.1) is 12.4 Å². The van der Waals surface area contributed by atoms with Crippen LogP contribution in [0, 0.1) is 0 Å². The first-order chi connectivity index (χ1) is 9.34. The number of allylic oxidation sites excluding steroid dienone is 2. The van der Waals surface area contributed by atoms with Gasteiger partial charge in [-0.3, -0.25) is 10.2 Å². The van der Waals surface area contributed by atoms with E-state index in [1.54, 1.807) is 11.1 Å². The summed E-state index contributed by atoms with van der Waals surface area (Å²) in [5.74, 6) is 0. The minimum absolute atomic E-state index is 0.193. The van der Waals surface area contributed by atoms with Crippen LogP contribution < -0.4 is 26.4 Å². The molecule has 2 heterocycles. The Morgan fingerprint density at radius 1 is 1.32 bits per heavy atom. The van der Waals surface area contributed by atoms with Gasteiger partial charge in [0.25, 0.3) is 0 Å². The minimum atomic E-state index is -0.274. The molecule has 0 saturated carbocycles. The molecule has 2 amide bonds. The number of hydrazine groups is 1. The average Bonchev–Trinajstić information content (AvgIpc) is 2.83. The van der Waals surface area contributed by atoms with Gasteiger partial charge >= 0.3 is 6.03 Å². The molecule has 1 unspecified atom stereocenters. The summed E-state index contributed by atoms with van der Waals surface area (Å²) < 4.78 is 0. The number of rotatable bonds is 1. The summed E-state index contributed by atoms with van der Waals surface area (Å²) in [6.45, 7) is 0.610.